The van der Waals surface area contributed by atoms with Crippen molar-refractivity contribution in [1.82, 2.24) is 14.8 Å². The Morgan fingerprint density at radius 2 is 1.73 bits per heavy atom. The zero-order chi connectivity index (χ0) is 20.2. The highest BCUT2D eigenvalue weighted by atomic mass is 16.6. The van der Waals surface area contributed by atoms with Crippen molar-refractivity contribution in [1.29, 1.82) is 0 Å². The van der Waals surface area contributed by atoms with Crippen LogP contribution in [-0.4, -0.2) is 73.9 Å². The van der Waals surface area contributed by atoms with Crippen LogP contribution in [0.5, 0.6) is 0 Å². The molecule has 0 unspecified atom stereocenters. The molecule has 1 rings (SSSR count). The highest BCUT2D eigenvalue weighted by Crippen LogP contribution is 2.21. The SMILES string of the molecule is CN(C)C(=O)c1cc(N(C)C)nc(CN(C)C(=O)OC(C)(C)C)c1C=O. The van der Waals surface area contributed by atoms with Crippen LogP contribution in [0.3, 0.4) is 0 Å². The lowest BCUT2D eigenvalue weighted by Crippen LogP contribution is -2.34. The number of hydrogen-bond donors (Lipinski definition) is 0. The Morgan fingerprint density at radius 1 is 1.15 bits per heavy atom. The van der Waals surface area contributed by atoms with Gasteiger partial charge in [-0.2, -0.15) is 0 Å². The fourth-order valence-corrected chi connectivity index (χ4v) is 2.12. The second-order valence-electron chi connectivity index (χ2n) is 7.44. The van der Waals surface area contributed by atoms with E-state index in [0.29, 0.717) is 17.8 Å². The second-order valence-corrected chi connectivity index (χ2v) is 7.44. The summed E-state index contributed by atoms with van der Waals surface area (Å²) in [5, 5.41) is 0. The summed E-state index contributed by atoms with van der Waals surface area (Å²) in [4.78, 5) is 45.3. The van der Waals surface area contributed by atoms with Crippen LogP contribution in [0.1, 0.15) is 47.2 Å². The molecule has 0 fully saturated rings. The fourth-order valence-electron chi connectivity index (χ4n) is 2.12. The zero-order valence-electron chi connectivity index (χ0n) is 16.8. The number of hydrogen-bond acceptors (Lipinski definition) is 6. The van der Waals surface area contributed by atoms with Gasteiger partial charge in [-0.3, -0.25) is 9.59 Å². The normalized spacial score (nSPS) is 10.9. The maximum absolute atomic E-state index is 12.5. The fraction of sp³-hybridized carbons (Fsp3) is 0.556. The molecule has 8 heteroatoms. The molecule has 1 aromatic heterocycles. The molecule has 0 saturated heterocycles. The number of amides is 2. The number of aromatic nitrogens is 1. The molecule has 2 amide bonds. The van der Waals surface area contributed by atoms with Crippen LogP contribution in [-0.2, 0) is 11.3 Å². The van der Waals surface area contributed by atoms with Crippen molar-refractivity contribution in [2.45, 2.75) is 32.9 Å². The molecule has 144 valence electrons. The molecule has 0 aliphatic heterocycles. The molecule has 0 saturated carbocycles. The predicted molar refractivity (Wildman–Crippen MR) is 99.7 cm³/mol. The highest BCUT2D eigenvalue weighted by molar-refractivity contribution is 6.02. The first-order valence-corrected chi connectivity index (χ1v) is 8.19. The maximum atomic E-state index is 12.5. The van der Waals surface area contributed by atoms with Gasteiger partial charge in [0.05, 0.1) is 23.4 Å². The second kappa shape index (κ2) is 8.16. The first-order chi connectivity index (χ1) is 11.9. The van der Waals surface area contributed by atoms with Gasteiger partial charge in [0.2, 0.25) is 0 Å². The lowest BCUT2D eigenvalue weighted by atomic mass is 10.1. The summed E-state index contributed by atoms with van der Waals surface area (Å²) < 4.78 is 5.32. The van der Waals surface area contributed by atoms with Gasteiger partial charge in [-0.25, -0.2) is 9.78 Å². The van der Waals surface area contributed by atoms with Crippen molar-refractivity contribution in [3.05, 3.63) is 22.9 Å². The van der Waals surface area contributed by atoms with Gasteiger partial charge in [-0.15, -0.1) is 0 Å². The van der Waals surface area contributed by atoms with Crippen LogP contribution < -0.4 is 4.90 Å². The molecule has 8 nitrogen and oxygen atoms in total. The topological polar surface area (TPSA) is 83.1 Å². The van der Waals surface area contributed by atoms with Gasteiger partial charge in [-0.1, -0.05) is 0 Å². The van der Waals surface area contributed by atoms with Gasteiger partial charge in [0.15, 0.2) is 6.29 Å². The van der Waals surface area contributed by atoms with E-state index in [1.165, 1.54) is 9.80 Å². The van der Waals surface area contributed by atoms with E-state index in [-0.39, 0.29) is 23.6 Å². The molecular weight excluding hydrogens is 336 g/mol. The zero-order valence-corrected chi connectivity index (χ0v) is 16.8. The van der Waals surface area contributed by atoms with Gasteiger partial charge in [0, 0.05) is 35.2 Å². The molecule has 26 heavy (non-hydrogen) atoms. The van der Waals surface area contributed by atoms with Crippen LogP contribution in [0.2, 0.25) is 0 Å². The molecule has 1 aromatic rings. The minimum absolute atomic E-state index is 0.0401. The number of rotatable bonds is 5. The van der Waals surface area contributed by atoms with E-state index >= 15 is 0 Å². The van der Waals surface area contributed by atoms with Crippen LogP contribution >= 0.6 is 0 Å². The van der Waals surface area contributed by atoms with E-state index in [1.807, 2.05) is 0 Å². The largest absolute Gasteiger partial charge is 0.444 e. The number of nitrogens with zero attached hydrogens (tertiary/aromatic N) is 4. The molecule has 0 aliphatic carbocycles. The summed E-state index contributed by atoms with van der Waals surface area (Å²) in [5.41, 5.74) is 0.120. The van der Waals surface area contributed by atoms with E-state index in [9.17, 15) is 14.4 Å². The Labute approximate surface area is 154 Å². The van der Waals surface area contributed by atoms with Gasteiger partial charge < -0.3 is 19.4 Å². The standard InChI is InChI=1S/C18H28N4O4/c1-18(2,3)26-17(25)22(8)10-14-13(11-23)12(16(24)21(6)7)9-15(19-14)20(4)5/h9,11H,10H2,1-8H3. The summed E-state index contributed by atoms with van der Waals surface area (Å²) >= 11 is 0. The number of aldehydes is 1. The molecule has 0 N–H and O–H groups in total. The van der Waals surface area contributed by atoms with Crippen LogP contribution in [0.4, 0.5) is 10.6 Å². The third-order valence-electron chi connectivity index (χ3n) is 3.43. The molecule has 0 atom stereocenters. The average Bonchev–Trinajstić information content (AvgIpc) is 2.51. The molecular formula is C18H28N4O4. The number of carbonyl (C=O) groups excluding carboxylic acids is 3. The van der Waals surface area contributed by atoms with E-state index < -0.39 is 11.7 Å². The van der Waals surface area contributed by atoms with Crippen molar-refractivity contribution in [2.75, 3.05) is 40.1 Å². The molecule has 0 aromatic carbocycles. The van der Waals surface area contributed by atoms with Crippen molar-refractivity contribution in [3.63, 3.8) is 0 Å². The molecule has 0 bridgehead atoms. The van der Waals surface area contributed by atoms with Crippen LogP contribution in [0, 0.1) is 0 Å². The van der Waals surface area contributed by atoms with Crippen molar-refractivity contribution in [3.8, 4) is 0 Å². The van der Waals surface area contributed by atoms with E-state index in [4.69, 9.17) is 4.74 Å². The smallest absolute Gasteiger partial charge is 0.410 e. The molecule has 0 radical (unpaired) electrons. The van der Waals surface area contributed by atoms with Gasteiger partial charge >= 0.3 is 6.09 Å². The Balaban J connectivity index is 3.34. The summed E-state index contributed by atoms with van der Waals surface area (Å²) in [6.45, 7) is 5.36. The lowest BCUT2D eigenvalue weighted by Gasteiger charge is -2.25. The number of carbonyl (C=O) groups is 3. The monoisotopic (exact) mass is 364 g/mol. The van der Waals surface area contributed by atoms with E-state index in [1.54, 1.807) is 67.0 Å². The Hall–Kier alpha value is -2.64. The predicted octanol–water partition coefficient (Wildman–Crippen LogP) is 2.03. The third-order valence-corrected chi connectivity index (χ3v) is 3.43. The van der Waals surface area contributed by atoms with Crippen LogP contribution in [0.15, 0.2) is 6.07 Å². The number of ether oxygens (including phenoxy) is 1. The van der Waals surface area contributed by atoms with Crippen molar-refractivity contribution in [2.24, 2.45) is 0 Å². The molecule has 1 heterocycles. The molecule has 0 aliphatic rings. The number of pyridine rings is 1. The van der Waals surface area contributed by atoms with Crippen molar-refractivity contribution >= 4 is 24.1 Å². The quantitative estimate of drug-likeness (QED) is 0.744. The summed E-state index contributed by atoms with van der Waals surface area (Å²) in [6.07, 6.45) is 0.0634. The molecule has 0 spiro atoms. The van der Waals surface area contributed by atoms with Crippen molar-refractivity contribution < 1.29 is 19.1 Å². The van der Waals surface area contributed by atoms with E-state index in [0.717, 1.165) is 0 Å². The average molecular weight is 364 g/mol. The highest BCUT2D eigenvalue weighted by Gasteiger charge is 2.24. The summed E-state index contributed by atoms with van der Waals surface area (Å²) in [5.74, 6) is 0.215. The number of anilines is 1. The Kier molecular flexibility index (Phi) is 6.72. The Morgan fingerprint density at radius 3 is 2.15 bits per heavy atom. The van der Waals surface area contributed by atoms with Crippen LogP contribution in [0.25, 0.3) is 0 Å². The lowest BCUT2D eigenvalue weighted by molar-refractivity contribution is 0.0282. The minimum atomic E-state index is -0.635. The van der Waals surface area contributed by atoms with Gasteiger partial charge in [0.25, 0.3) is 5.91 Å². The van der Waals surface area contributed by atoms with Gasteiger partial charge in [-0.05, 0) is 26.8 Å². The Bertz CT molecular complexity index is 693. The van der Waals surface area contributed by atoms with E-state index in [2.05, 4.69) is 4.98 Å². The van der Waals surface area contributed by atoms with Gasteiger partial charge in [0.1, 0.15) is 11.4 Å². The summed E-state index contributed by atoms with van der Waals surface area (Å²) in [6, 6.07) is 1.57. The first-order valence-electron chi connectivity index (χ1n) is 8.19. The third kappa shape index (κ3) is 5.44. The maximum Gasteiger partial charge on any atom is 0.410 e. The summed E-state index contributed by atoms with van der Waals surface area (Å²) in [7, 11) is 8.35. The minimum Gasteiger partial charge on any atom is -0.444 e. The first kappa shape index (κ1) is 21.4.